The summed E-state index contributed by atoms with van der Waals surface area (Å²) in [6.45, 7) is 13.5. The van der Waals surface area contributed by atoms with Gasteiger partial charge in [-0.05, 0) is 40.0 Å². The lowest BCUT2D eigenvalue weighted by Crippen LogP contribution is -2.35. The van der Waals surface area contributed by atoms with E-state index in [1.165, 1.54) is 20.9 Å². The van der Waals surface area contributed by atoms with Gasteiger partial charge in [0.15, 0.2) is 11.6 Å². The van der Waals surface area contributed by atoms with Gasteiger partial charge in [0.05, 0.1) is 5.69 Å². The Labute approximate surface area is 160 Å². The average Bonchev–Trinajstić information content (AvgIpc) is 2.46. The van der Waals surface area contributed by atoms with Crippen LogP contribution < -0.4 is 10.2 Å². The molecule has 0 spiro atoms. The minimum Gasteiger partial charge on any atom is -0.443 e. The van der Waals surface area contributed by atoms with E-state index >= 15 is 0 Å². The molecule has 1 aromatic rings. The molecule has 7 heteroatoms. The van der Waals surface area contributed by atoms with Crippen LogP contribution in [0.1, 0.15) is 59.1 Å². The molecule has 0 aromatic heterocycles. The van der Waals surface area contributed by atoms with Gasteiger partial charge in [-0.1, -0.05) is 20.8 Å². The molecular formula is C20H30F2N2O3. The number of amides is 2. The van der Waals surface area contributed by atoms with Crippen LogP contribution in [0, 0.1) is 30.9 Å². The Morgan fingerprint density at radius 3 is 1.81 bits per heavy atom. The molecule has 1 aromatic carbocycles. The highest BCUT2D eigenvalue weighted by molar-refractivity contribution is 5.94. The van der Waals surface area contributed by atoms with E-state index in [1.807, 2.05) is 20.8 Å². The highest BCUT2D eigenvalue weighted by atomic mass is 19.1. The average molecular weight is 384 g/mol. The van der Waals surface area contributed by atoms with Gasteiger partial charge in [-0.3, -0.25) is 9.69 Å². The lowest BCUT2D eigenvalue weighted by atomic mass is 9.92. The van der Waals surface area contributed by atoms with Crippen LogP contribution in [0.4, 0.5) is 25.0 Å². The SMILES string of the molecule is Cc1c(F)c(N(C)C(=O)OC(C)(C)C)c(F)c(C)c1NC(=O)CC(C)(C)C. The maximum atomic E-state index is 14.9. The van der Waals surface area contributed by atoms with E-state index in [2.05, 4.69) is 5.32 Å². The number of carbonyl (C=O) groups is 2. The van der Waals surface area contributed by atoms with Crippen molar-refractivity contribution in [1.29, 1.82) is 0 Å². The number of carbonyl (C=O) groups excluding carboxylic acids is 2. The van der Waals surface area contributed by atoms with Crippen LogP contribution in [-0.2, 0) is 9.53 Å². The molecule has 0 aliphatic carbocycles. The number of nitrogens with zero attached hydrogens (tertiary/aromatic N) is 1. The summed E-state index contributed by atoms with van der Waals surface area (Å²) in [6.07, 6.45) is -0.669. The van der Waals surface area contributed by atoms with Crippen LogP contribution in [0.2, 0.25) is 0 Å². The van der Waals surface area contributed by atoms with Crippen molar-refractivity contribution >= 4 is 23.4 Å². The van der Waals surface area contributed by atoms with E-state index in [0.717, 1.165) is 4.90 Å². The second kappa shape index (κ2) is 7.82. The van der Waals surface area contributed by atoms with Crippen LogP contribution in [0.15, 0.2) is 0 Å². The molecule has 0 fully saturated rings. The number of hydrogen-bond donors (Lipinski definition) is 1. The molecule has 1 rings (SSSR count). The third-order valence-corrected chi connectivity index (χ3v) is 3.78. The zero-order valence-corrected chi connectivity index (χ0v) is 17.6. The maximum absolute atomic E-state index is 14.9. The first-order valence-corrected chi connectivity index (χ1v) is 8.80. The van der Waals surface area contributed by atoms with Gasteiger partial charge in [-0.2, -0.15) is 0 Å². The fourth-order valence-electron chi connectivity index (χ4n) is 2.52. The van der Waals surface area contributed by atoms with Crippen molar-refractivity contribution < 1.29 is 23.1 Å². The number of ether oxygens (including phenoxy) is 1. The van der Waals surface area contributed by atoms with Gasteiger partial charge in [-0.15, -0.1) is 0 Å². The zero-order chi connectivity index (χ0) is 21.3. The van der Waals surface area contributed by atoms with Crippen molar-refractivity contribution in [1.82, 2.24) is 0 Å². The van der Waals surface area contributed by atoms with Gasteiger partial charge in [0.25, 0.3) is 0 Å². The highest BCUT2D eigenvalue weighted by Gasteiger charge is 2.29. The number of halogens is 2. The first-order chi connectivity index (χ1) is 12.0. The molecule has 0 aliphatic rings. The fraction of sp³-hybridized carbons (Fsp3) is 0.600. The molecule has 0 heterocycles. The smallest absolute Gasteiger partial charge is 0.414 e. The Kier molecular flexibility index (Phi) is 6.62. The summed E-state index contributed by atoms with van der Waals surface area (Å²) in [5.74, 6) is -2.17. The number of rotatable bonds is 3. The standard InChI is InChI=1S/C20H30F2N2O3/c1-11-14(21)17(24(9)18(26)27-20(6,7)8)15(22)12(2)16(11)23-13(25)10-19(3,4)5/h10H2,1-9H3,(H,23,25). The quantitative estimate of drug-likeness (QED) is 0.766. The molecule has 0 unspecified atom stereocenters. The van der Waals surface area contributed by atoms with E-state index in [9.17, 15) is 18.4 Å². The molecule has 0 aliphatic heterocycles. The second-order valence-corrected chi connectivity index (χ2v) is 8.93. The van der Waals surface area contributed by atoms with Crippen LogP contribution in [0.3, 0.4) is 0 Å². The summed E-state index contributed by atoms with van der Waals surface area (Å²) in [5.41, 5.74) is -1.37. The molecule has 0 bridgehead atoms. The van der Waals surface area contributed by atoms with Crippen molar-refractivity contribution in [2.75, 3.05) is 17.3 Å². The number of nitrogens with one attached hydrogen (secondary N) is 1. The Hall–Kier alpha value is -2.18. The van der Waals surface area contributed by atoms with E-state index in [-0.39, 0.29) is 34.6 Å². The molecule has 5 nitrogen and oxygen atoms in total. The molecule has 0 atom stereocenters. The van der Waals surface area contributed by atoms with E-state index in [4.69, 9.17) is 4.74 Å². The monoisotopic (exact) mass is 384 g/mol. The van der Waals surface area contributed by atoms with Crippen molar-refractivity contribution in [3.8, 4) is 0 Å². The molecule has 0 saturated heterocycles. The summed E-state index contributed by atoms with van der Waals surface area (Å²) in [6, 6.07) is 0. The van der Waals surface area contributed by atoms with Gasteiger partial charge in [0.2, 0.25) is 5.91 Å². The maximum Gasteiger partial charge on any atom is 0.414 e. The second-order valence-electron chi connectivity index (χ2n) is 8.93. The van der Waals surface area contributed by atoms with Crippen molar-refractivity contribution in [2.45, 2.75) is 67.4 Å². The first-order valence-electron chi connectivity index (χ1n) is 8.80. The Morgan fingerprint density at radius 2 is 1.44 bits per heavy atom. The summed E-state index contributed by atoms with van der Waals surface area (Å²) in [7, 11) is 1.24. The summed E-state index contributed by atoms with van der Waals surface area (Å²) >= 11 is 0. The van der Waals surface area contributed by atoms with Crippen LogP contribution in [0.25, 0.3) is 0 Å². The van der Waals surface area contributed by atoms with Crippen molar-refractivity contribution in [2.24, 2.45) is 5.41 Å². The number of anilines is 2. The first kappa shape index (κ1) is 22.9. The minimum absolute atomic E-state index is 0.0570. The lowest BCUT2D eigenvalue weighted by Gasteiger charge is -2.27. The van der Waals surface area contributed by atoms with Crippen LogP contribution in [0.5, 0.6) is 0 Å². The van der Waals surface area contributed by atoms with Crippen LogP contribution >= 0.6 is 0 Å². The number of hydrogen-bond acceptors (Lipinski definition) is 3. The van der Waals surface area contributed by atoms with Gasteiger partial charge < -0.3 is 10.1 Å². The van der Waals surface area contributed by atoms with Gasteiger partial charge in [-0.25, -0.2) is 13.6 Å². The van der Waals surface area contributed by atoms with Crippen LogP contribution in [-0.4, -0.2) is 24.6 Å². The van der Waals surface area contributed by atoms with Gasteiger partial charge in [0, 0.05) is 24.6 Å². The lowest BCUT2D eigenvalue weighted by molar-refractivity contribution is -0.117. The van der Waals surface area contributed by atoms with Gasteiger partial charge in [0.1, 0.15) is 11.3 Å². The fourth-order valence-corrected chi connectivity index (χ4v) is 2.52. The molecule has 0 saturated carbocycles. The molecule has 2 amide bonds. The summed E-state index contributed by atoms with van der Waals surface area (Å²) in [5, 5.41) is 2.60. The molecule has 152 valence electrons. The molecule has 27 heavy (non-hydrogen) atoms. The summed E-state index contributed by atoms with van der Waals surface area (Å²) in [4.78, 5) is 25.2. The predicted molar refractivity (Wildman–Crippen MR) is 103 cm³/mol. The summed E-state index contributed by atoms with van der Waals surface area (Å²) < 4.78 is 35.0. The Balaban J connectivity index is 3.30. The largest absolute Gasteiger partial charge is 0.443 e. The molecule has 1 N–H and O–H groups in total. The van der Waals surface area contributed by atoms with Gasteiger partial charge >= 0.3 is 6.09 Å². The minimum atomic E-state index is -0.919. The third kappa shape index (κ3) is 5.91. The van der Waals surface area contributed by atoms with Crippen molar-refractivity contribution in [3.63, 3.8) is 0 Å². The zero-order valence-electron chi connectivity index (χ0n) is 17.6. The molecular weight excluding hydrogens is 354 g/mol. The normalized spacial score (nSPS) is 12.0. The predicted octanol–water partition coefficient (Wildman–Crippen LogP) is 5.33. The van der Waals surface area contributed by atoms with E-state index in [0.29, 0.717) is 0 Å². The number of benzene rings is 1. The van der Waals surface area contributed by atoms with Crippen molar-refractivity contribution in [3.05, 3.63) is 22.8 Å². The van der Waals surface area contributed by atoms with E-state index < -0.39 is 29.0 Å². The highest BCUT2D eigenvalue weighted by Crippen LogP contribution is 2.35. The van der Waals surface area contributed by atoms with E-state index in [1.54, 1.807) is 20.8 Å². The molecule has 0 radical (unpaired) electrons. The third-order valence-electron chi connectivity index (χ3n) is 3.78. The Bertz CT molecular complexity index is 718. The Morgan fingerprint density at radius 1 is 1.00 bits per heavy atom. The topological polar surface area (TPSA) is 58.6 Å².